The van der Waals surface area contributed by atoms with E-state index in [-0.39, 0.29) is 5.82 Å². The molecule has 8 heteroatoms. The molecule has 0 unspecified atom stereocenters. The number of terminal acetylenes is 1. The molecule has 8 nitrogen and oxygen atoms in total. The second-order valence-corrected chi connectivity index (χ2v) is 6.70. The number of carbonyl (C=O) groups is 2. The molecule has 2 atom stereocenters. The van der Waals surface area contributed by atoms with E-state index in [9.17, 15) is 9.59 Å². The maximum atomic E-state index is 12.7. The summed E-state index contributed by atoms with van der Waals surface area (Å²) in [4.78, 5) is 33.7. The second kappa shape index (κ2) is 7.94. The van der Waals surface area contributed by atoms with Crippen molar-refractivity contribution >= 4 is 17.6 Å². The number of H-pyrrole nitrogens is 1. The monoisotopic (exact) mass is 386 g/mol. The van der Waals surface area contributed by atoms with Crippen LogP contribution in [0, 0.1) is 18.3 Å². The number of amides is 2. The van der Waals surface area contributed by atoms with Crippen molar-refractivity contribution < 1.29 is 9.59 Å². The molecule has 0 radical (unpaired) electrons. The van der Waals surface area contributed by atoms with Crippen LogP contribution in [-0.2, 0) is 17.6 Å². The lowest BCUT2D eigenvalue weighted by atomic mass is 9.94. The molecular formula is C21H18N6O2. The third-order valence-corrected chi connectivity index (χ3v) is 4.71. The summed E-state index contributed by atoms with van der Waals surface area (Å²) in [6.45, 7) is 0. The minimum absolute atomic E-state index is 0.0422. The van der Waals surface area contributed by atoms with Crippen LogP contribution in [0.2, 0.25) is 0 Å². The van der Waals surface area contributed by atoms with Gasteiger partial charge in [-0.1, -0.05) is 36.4 Å². The van der Waals surface area contributed by atoms with Crippen molar-refractivity contribution in [1.82, 2.24) is 25.5 Å². The maximum Gasteiger partial charge on any atom is 0.291 e. The smallest absolute Gasteiger partial charge is 0.291 e. The Morgan fingerprint density at radius 1 is 1.24 bits per heavy atom. The molecule has 3 heterocycles. The number of anilines is 1. The SMILES string of the molecule is C#C[C@@H]1Cc2cccnc2NC(=O)[C@@H]1NC(=O)c1n[nH]c(Cc2ccccc2)n1. The number of rotatable bonds is 4. The first-order chi connectivity index (χ1) is 14.1. The van der Waals surface area contributed by atoms with Crippen LogP contribution in [0.15, 0.2) is 48.7 Å². The maximum absolute atomic E-state index is 12.7. The lowest BCUT2D eigenvalue weighted by Crippen LogP contribution is -2.48. The van der Waals surface area contributed by atoms with Gasteiger partial charge in [-0.15, -0.1) is 17.4 Å². The number of pyridine rings is 1. The van der Waals surface area contributed by atoms with Gasteiger partial charge in [-0.25, -0.2) is 9.97 Å². The molecule has 144 valence electrons. The average molecular weight is 386 g/mol. The van der Waals surface area contributed by atoms with Gasteiger partial charge in [0, 0.05) is 12.6 Å². The van der Waals surface area contributed by atoms with Gasteiger partial charge in [-0.3, -0.25) is 14.7 Å². The molecule has 3 aromatic rings. The van der Waals surface area contributed by atoms with Crippen LogP contribution >= 0.6 is 0 Å². The van der Waals surface area contributed by atoms with Gasteiger partial charge >= 0.3 is 0 Å². The summed E-state index contributed by atoms with van der Waals surface area (Å²) in [6, 6.07) is 12.4. The molecule has 0 spiro atoms. The molecule has 2 amide bonds. The average Bonchev–Trinajstić information content (AvgIpc) is 3.15. The summed E-state index contributed by atoms with van der Waals surface area (Å²) >= 11 is 0. The Labute approximate surface area is 167 Å². The van der Waals surface area contributed by atoms with E-state index in [0.29, 0.717) is 24.5 Å². The molecule has 0 aliphatic carbocycles. The lowest BCUT2D eigenvalue weighted by molar-refractivity contribution is -0.118. The molecule has 1 aliphatic rings. The number of fused-ring (bicyclic) bond motifs is 1. The number of nitrogens with one attached hydrogen (secondary N) is 3. The summed E-state index contributed by atoms with van der Waals surface area (Å²) in [5, 5.41) is 12.1. The quantitative estimate of drug-likeness (QED) is 0.586. The molecule has 0 saturated carbocycles. The lowest BCUT2D eigenvalue weighted by Gasteiger charge is -2.19. The summed E-state index contributed by atoms with van der Waals surface area (Å²) < 4.78 is 0. The molecule has 1 aromatic carbocycles. The van der Waals surface area contributed by atoms with Crippen LogP contribution in [0.1, 0.15) is 27.6 Å². The molecule has 1 aliphatic heterocycles. The topological polar surface area (TPSA) is 113 Å². The Morgan fingerprint density at radius 2 is 2.07 bits per heavy atom. The van der Waals surface area contributed by atoms with Crippen molar-refractivity contribution in [2.75, 3.05) is 5.32 Å². The molecule has 4 rings (SSSR count). The molecule has 2 aromatic heterocycles. The Hall–Kier alpha value is -3.99. The van der Waals surface area contributed by atoms with E-state index in [4.69, 9.17) is 6.42 Å². The second-order valence-electron chi connectivity index (χ2n) is 6.70. The molecule has 0 bridgehead atoms. The van der Waals surface area contributed by atoms with Crippen molar-refractivity contribution in [1.29, 1.82) is 0 Å². The van der Waals surface area contributed by atoms with Gasteiger partial charge in [-0.05, 0) is 23.6 Å². The summed E-state index contributed by atoms with van der Waals surface area (Å²) in [5.41, 5.74) is 1.86. The number of benzene rings is 1. The van der Waals surface area contributed by atoms with Crippen LogP contribution in [-0.4, -0.2) is 38.0 Å². The van der Waals surface area contributed by atoms with Crippen LogP contribution in [0.5, 0.6) is 0 Å². The fourth-order valence-electron chi connectivity index (χ4n) is 3.24. The van der Waals surface area contributed by atoms with E-state index in [2.05, 4.69) is 36.7 Å². The van der Waals surface area contributed by atoms with Crippen molar-refractivity contribution in [2.24, 2.45) is 5.92 Å². The van der Waals surface area contributed by atoms with Crippen LogP contribution in [0.3, 0.4) is 0 Å². The summed E-state index contributed by atoms with van der Waals surface area (Å²) in [7, 11) is 0. The first-order valence-corrected chi connectivity index (χ1v) is 9.11. The van der Waals surface area contributed by atoms with Gasteiger partial charge in [-0.2, -0.15) is 0 Å². The van der Waals surface area contributed by atoms with E-state index in [1.54, 1.807) is 12.3 Å². The van der Waals surface area contributed by atoms with E-state index in [1.807, 2.05) is 36.4 Å². The molecule has 3 N–H and O–H groups in total. The van der Waals surface area contributed by atoms with Crippen LogP contribution in [0.25, 0.3) is 0 Å². The third-order valence-electron chi connectivity index (χ3n) is 4.71. The normalized spacial score (nSPS) is 18.1. The van der Waals surface area contributed by atoms with E-state index >= 15 is 0 Å². The highest BCUT2D eigenvalue weighted by Gasteiger charge is 2.34. The van der Waals surface area contributed by atoms with E-state index in [1.165, 1.54) is 0 Å². The molecule has 29 heavy (non-hydrogen) atoms. The molecular weight excluding hydrogens is 368 g/mol. The Morgan fingerprint density at radius 3 is 2.86 bits per heavy atom. The van der Waals surface area contributed by atoms with E-state index < -0.39 is 23.8 Å². The Bertz CT molecular complexity index is 1090. The van der Waals surface area contributed by atoms with Crippen LogP contribution < -0.4 is 10.6 Å². The van der Waals surface area contributed by atoms with Gasteiger partial charge in [0.15, 0.2) is 0 Å². The minimum atomic E-state index is -0.919. The number of carbonyl (C=O) groups excluding carboxylic acids is 2. The van der Waals surface area contributed by atoms with Gasteiger partial charge in [0.05, 0.1) is 5.92 Å². The predicted molar refractivity (Wildman–Crippen MR) is 106 cm³/mol. The summed E-state index contributed by atoms with van der Waals surface area (Å²) in [5.74, 6) is 2.07. The third kappa shape index (κ3) is 3.99. The standard InChI is InChI=1S/C21H18N6O2/c1-2-14-12-15-9-6-10-22-18(15)25-20(28)17(14)24-21(29)19-23-16(26-27-19)11-13-7-4-3-5-8-13/h1,3-10,14,17H,11-12H2,(H,24,29)(H,22,25,28)(H,23,26,27)/t14-,17-/m1/s1. The van der Waals surface area contributed by atoms with Gasteiger partial charge in [0.25, 0.3) is 5.91 Å². The largest absolute Gasteiger partial charge is 0.336 e. The van der Waals surface area contributed by atoms with Crippen molar-refractivity contribution in [2.45, 2.75) is 18.9 Å². The first-order valence-electron chi connectivity index (χ1n) is 9.11. The minimum Gasteiger partial charge on any atom is -0.336 e. The number of hydrogen-bond acceptors (Lipinski definition) is 5. The number of nitrogens with zero attached hydrogens (tertiary/aromatic N) is 3. The van der Waals surface area contributed by atoms with Gasteiger partial charge < -0.3 is 10.6 Å². The zero-order valence-electron chi connectivity index (χ0n) is 15.4. The highest BCUT2D eigenvalue weighted by molar-refractivity contribution is 6.00. The highest BCUT2D eigenvalue weighted by atomic mass is 16.2. The van der Waals surface area contributed by atoms with Crippen molar-refractivity contribution in [3.05, 3.63) is 71.4 Å². The Kier molecular flexibility index (Phi) is 5.03. The van der Waals surface area contributed by atoms with Crippen LogP contribution in [0.4, 0.5) is 5.82 Å². The van der Waals surface area contributed by atoms with Crippen molar-refractivity contribution in [3.63, 3.8) is 0 Å². The highest BCUT2D eigenvalue weighted by Crippen LogP contribution is 2.23. The zero-order valence-corrected chi connectivity index (χ0v) is 15.4. The number of aromatic nitrogens is 4. The first kappa shape index (κ1) is 18.4. The predicted octanol–water partition coefficient (Wildman–Crippen LogP) is 1.33. The summed E-state index contributed by atoms with van der Waals surface area (Å²) in [6.07, 6.45) is 8.16. The van der Waals surface area contributed by atoms with E-state index in [0.717, 1.165) is 11.1 Å². The number of aromatic amines is 1. The molecule has 0 fully saturated rings. The van der Waals surface area contributed by atoms with Gasteiger partial charge in [0.2, 0.25) is 11.7 Å². The van der Waals surface area contributed by atoms with Gasteiger partial charge in [0.1, 0.15) is 17.7 Å². The number of hydrogen-bond donors (Lipinski definition) is 3. The Balaban J connectivity index is 1.49. The zero-order chi connectivity index (χ0) is 20.2. The fourth-order valence-corrected chi connectivity index (χ4v) is 3.24. The molecule has 0 saturated heterocycles. The fraction of sp³-hybridized carbons (Fsp3) is 0.190. The van der Waals surface area contributed by atoms with Crippen molar-refractivity contribution in [3.8, 4) is 12.3 Å².